The van der Waals surface area contributed by atoms with E-state index in [0.29, 0.717) is 0 Å². The van der Waals surface area contributed by atoms with Crippen molar-refractivity contribution < 1.29 is 0 Å². The summed E-state index contributed by atoms with van der Waals surface area (Å²) in [7, 11) is 0. The van der Waals surface area contributed by atoms with Crippen molar-refractivity contribution in [2.24, 2.45) is 5.92 Å². The molecule has 2 rings (SSSR count). The first-order chi connectivity index (χ1) is 6.95. The molecule has 0 atom stereocenters. The van der Waals surface area contributed by atoms with Crippen LogP contribution >= 0.6 is 0 Å². The van der Waals surface area contributed by atoms with E-state index in [0.717, 1.165) is 5.92 Å². The Kier molecular flexibility index (Phi) is 4.26. The lowest BCUT2D eigenvalue weighted by Gasteiger charge is -2.31. The van der Waals surface area contributed by atoms with Crippen molar-refractivity contribution in [3.05, 3.63) is 0 Å². The van der Waals surface area contributed by atoms with Crippen LogP contribution in [0.1, 0.15) is 38.5 Å². The maximum atomic E-state index is 3.35. The topological polar surface area (TPSA) is 15.3 Å². The van der Waals surface area contributed by atoms with Crippen molar-refractivity contribution in [1.82, 2.24) is 10.2 Å². The highest BCUT2D eigenvalue weighted by atomic mass is 15.1. The summed E-state index contributed by atoms with van der Waals surface area (Å²) in [6, 6.07) is 0. The standard InChI is InChI=1S/C12H24N2/c1-2-4-7-14(8-5-3-1)9-6-12-10-13-11-12/h12-13H,1-11H2. The second kappa shape index (κ2) is 5.72. The predicted molar refractivity (Wildman–Crippen MR) is 60.5 cm³/mol. The fourth-order valence-electron chi connectivity index (χ4n) is 2.45. The third kappa shape index (κ3) is 3.25. The first kappa shape index (κ1) is 10.4. The van der Waals surface area contributed by atoms with Gasteiger partial charge in [-0.2, -0.15) is 0 Å². The Morgan fingerprint density at radius 2 is 1.57 bits per heavy atom. The summed E-state index contributed by atoms with van der Waals surface area (Å²) < 4.78 is 0. The Morgan fingerprint density at radius 3 is 2.14 bits per heavy atom. The van der Waals surface area contributed by atoms with Crippen molar-refractivity contribution in [2.75, 3.05) is 32.7 Å². The van der Waals surface area contributed by atoms with E-state index >= 15 is 0 Å². The van der Waals surface area contributed by atoms with Gasteiger partial charge >= 0.3 is 0 Å². The van der Waals surface area contributed by atoms with Gasteiger partial charge in [0.1, 0.15) is 0 Å². The Bertz CT molecular complexity index is 146. The molecule has 2 aliphatic rings. The van der Waals surface area contributed by atoms with Crippen LogP contribution in [-0.4, -0.2) is 37.6 Å². The Balaban J connectivity index is 1.61. The van der Waals surface area contributed by atoms with Crippen LogP contribution < -0.4 is 5.32 Å². The summed E-state index contributed by atoms with van der Waals surface area (Å²) >= 11 is 0. The summed E-state index contributed by atoms with van der Waals surface area (Å²) in [5, 5.41) is 3.35. The van der Waals surface area contributed by atoms with Crippen LogP contribution in [0, 0.1) is 5.92 Å². The highest BCUT2D eigenvalue weighted by Crippen LogP contribution is 2.13. The summed E-state index contributed by atoms with van der Waals surface area (Å²) in [6.45, 7) is 6.62. The highest BCUT2D eigenvalue weighted by molar-refractivity contribution is 4.76. The molecule has 0 radical (unpaired) electrons. The first-order valence-electron chi connectivity index (χ1n) is 6.38. The normalized spacial score (nSPS) is 26.6. The molecule has 2 heterocycles. The zero-order valence-corrected chi connectivity index (χ0v) is 9.30. The Morgan fingerprint density at radius 1 is 0.929 bits per heavy atom. The molecular formula is C12H24N2. The summed E-state index contributed by atoms with van der Waals surface area (Å²) in [5.74, 6) is 0.987. The van der Waals surface area contributed by atoms with Crippen LogP contribution in [0.3, 0.4) is 0 Å². The molecule has 0 aromatic carbocycles. The third-order valence-electron chi connectivity index (χ3n) is 3.67. The van der Waals surface area contributed by atoms with Crippen LogP contribution in [0.25, 0.3) is 0 Å². The number of hydrogen-bond acceptors (Lipinski definition) is 2. The smallest absolute Gasteiger partial charge is 0.000778 e. The van der Waals surface area contributed by atoms with Gasteiger partial charge < -0.3 is 10.2 Å². The number of rotatable bonds is 3. The van der Waals surface area contributed by atoms with E-state index in [9.17, 15) is 0 Å². The van der Waals surface area contributed by atoms with E-state index in [1.165, 1.54) is 71.2 Å². The lowest BCUT2D eigenvalue weighted by molar-refractivity contribution is 0.210. The van der Waals surface area contributed by atoms with Gasteiger partial charge in [-0.3, -0.25) is 0 Å². The molecule has 1 N–H and O–H groups in total. The largest absolute Gasteiger partial charge is 0.316 e. The SMILES string of the molecule is C1CCCN(CCC2CNC2)CCC1. The van der Waals surface area contributed by atoms with E-state index in [2.05, 4.69) is 10.2 Å². The molecule has 14 heavy (non-hydrogen) atoms. The van der Waals surface area contributed by atoms with Gasteiger partial charge in [-0.25, -0.2) is 0 Å². The number of hydrogen-bond donors (Lipinski definition) is 1. The lowest BCUT2D eigenvalue weighted by Crippen LogP contribution is -2.43. The van der Waals surface area contributed by atoms with Crippen molar-refractivity contribution >= 4 is 0 Å². The van der Waals surface area contributed by atoms with E-state index < -0.39 is 0 Å². The fourth-order valence-corrected chi connectivity index (χ4v) is 2.45. The van der Waals surface area contributed by atoms with Crippen LogP contribution in [0.2, 0.25) is 0 Å². The number of nitrogens with one attached hydrogen (secondary N) is 1. The summed E-state index contributed by atoms with van der Waals surface area (Å²) in [6.07, 6.45) is 8.68. The van der Waals surface area contributed by atoms with Crippen molar-refractivity contribution in [3.63, 3.8) is 0 Å². The second-order valence-electron chi connectivity index (χ2n) is 4.92. The second-order valence-corrected chi connectivity index (χ2v) is 4.92. The fraction of sp³-hybridized carbons (Fsp3) is 1.00. The summed E-state index contributed by atoms with van der Waals surface area (Å²) in [4.78, 5) is 2.69. The molecule has 0 aromatic rings. The molecule has 0 unspecified atom stereocenters. The average Bonchev–Trinajstić information content (AvgIpc) is 2.05. The number of likely N-dealkylation sites (tertiary alicyclic amines) is 1. The van der Waals surface area contributed by atoms with E-state index in [-0.39, 0.29) is 0 Å². The quantitative estimate of drug-likeness (QED) is 0.741. The third-order valence-corrected chi connectivity index (χ3v) is 3.67. The van der Waals surface area contributed by atoms with Crippen LogP contribution in [0.15, 0.2) is 0 Å². The van der Waals surface area contributed by atoms with E-state index in [1.807, 2.05) is 0 Å². The minimum atomic E-state index is 0.987. The maximum Gasteiger partial charge on any atom is -0.000778 e. The minimum Gasteiger partial charge on any atom is -0.316 e. The van der Waals surface area contributed by atoms with Gasteiger partial charge in [-0.1, -0.05) is 19.3 Å². The van der Waals surface area contributed by atoms with Gasteiger partial charge in [0.25, 0.3) is 0 Å². The minimum absolute atomic E-state index is 0.987. The molecule has 0 spiro atoms. The van der Waals surface area contributed by atoms with Gasteiger partial charge in [0.15, 0.2) is 0 Å². The van der Waals surface area contributed by atoms with Crippen molar-refractivity contribution in [1.29, 1.82) is 0 Å². The first-order valence-corrected chi connectivity index (χ1v) is 6.38. The molecule has 2 fully saturated rings. The van der Waals surface area contributed by atoms with Gasteiger partial charge in [0.05, 0.1) is 0 Å². The Hall–Kier alpha value is -0.0800. The van der Waals surface area contributed by atoms with Crippen LogP contribution in [0.5, 0.6) is 0 Å². The molecule has 0 aromatic heterocycles. The molecule has 2 aliphatic heterocycles. The van der Waals surface area contributed by atoms with Crippen molar-refractivity contribution in [3.8, 4) is 0 Å². The van der Waals surface area contributed by atoms with Gasteiger partial charge in [0.2, 0.25) is 0 Å². The molecule has 0 amide bonds. The molecule has 0 saturated carbocycles. The van der Waals surface area contributed by atoms with Gasteiger partial charge in [-0.15, -0.1) is 0 Å². The molecular weight excluding hydrogens is 172 g/mol. The van der Waals surface area contributed by atoms with Crippen LogP contribution in [-0.2, 0) is 0 Å². The highest BCUT2D eigenvalue weighted by Gasteiger charge is 2.17. The Labute approximate surface area is 88.1 Å². The average molecular weight is 196 g/mol. The zero-order chi connectivity index (χ0) is 9.64. The summed E-state index contributed by atoms with van der Waals surface area (Å²) in [5.41, 5.74) is 0. The molecule has 2 nitrogen and oxygen atoms in total. The predicted octanol–water partition coefficient (Wildman–Crippen LogP) is 1.86. The van der Waals surface area contributed by atoms with E-state index in [1.54, 1.807) is 0 Å². The molecule has 0 aliphatic carbocycles. The monoisotopic (exact) mass is 196 g/mol. The molecule has 82 valence electrons. The van der Waals surface area contributed by atoms with Gasteiger partial charge in [0, 0.05) is 0 Å². The molecule has 0 bridgehead atoms. The maximum absolute atomic E-state index is 3.35. The molecule has 2 saturated heterocycles. The lowest BCUT2D eigenvalue weighted by atomic mass is 9.99. The van der Waals surface area contributed by atoms with Crippen molar-refractivity contribution in [2.45, 2.75) is 38.5 Å². The van der Waals surface area contributed by atoms with Gasteiger partial charge in [-0.05, 0) is 57.9 Å². The zero-order valence-electron chi connectivity index (χ0n) is 9.30. The number of nitrogens with zero attached hydrogens (tertiary/aromatic N) is 1. The van der Waals surface area contributed by atoms with Crippen LogP contribution in [0.4, 0.5) is 0 Å². The van der Waals surface area contributed by atoms with E-state index in [4.69, 9.17) is 0 Å². The molecule has 2 heteroatoms.